The van der Waals surface area contributed by atoms with Gasteiger partial charge in [-0.2, -0.15) is 0 Å². The molecule has 1 radical (unpaired) electrons. The third-order valence-electron chi connectivity index (χ3n) is 1.21. The fourth-order valence-electron chi connectivity index (χ4n) is 0.720. The standard InChI is InChI=1S/C8H6F3O2/c1-12-6-2-4-7(5-3-6)13-8(9,10)11/h2,4-5H,1H3. The number of ether oxygens (including phenoxy) is 2. The van der Waals surface area contributed by atoms with Gasteiger partial charge in [-0.1, -0.05) is 0 Å². The van der Waals surface area contributed by atoms with Crippen molar-refractivity contribution in [1.29, 1.82) is 0 Å². The Kier molecular flexibility index (Phi) is 2.65. The molecule has 0 saturated carbocycles. The average Bonchev–Trinajstić information content (AvgIpc) is 2.03. The Hall–Kier alpha value is -1.39. The lowest BCUT2D eigenvalue weighted by atomic mass is 10.3. The second-order valence-electron chi connectivity index (χ2n) is 2.14. The van der Waals surface area contributed by atoms with E-state index in [1.807, 2.05) is 0 Å². The summed E-state index contributed by atoms with van der Waals surface area (Å²) in [7, 11) is 1.40. The highest BCUT2D eigenvalue weighted by Gasteiger charge is 2.30. The van der Waals surface area contributed by atoms with Gasteiger partial charge in [0.05, 0.1) is 7.11 Å². The molecule has 0 bridgehead atoms. The Labute approximate surface area is 72.9 Å². The summed E-state index contributed by atoms with van der Waals surface area (Å²) in [4.78, 5) is 0. The molecule has 0 aromatic heterocycles. The normalized spacial score (nSPS) is 11.1. The number of hydrogen-bond acceptors (Lipinski definition) is 2. The Balaban J connectivity index is 2.70. The Morgan fingerprint density at radius 1 is 1.31 bits per heavy atom. The van der Waals surface area contributed by atoms with Gasteiger partial charge < -0.3 is 9.47 Å². The Morgan fingerprint density at radius 2 is 2.00 bits per heavy atom. The molecular weight excluding hydrogens is 185 g/mol. The first-order valence-electron chi connectivity index (χ1n) is 3.33. The quantitative estimate of drug-likeness (QED) is 0.714. The molecule has 5 heteroatoms. The number of methoxy groups -OCH3 is 1. The fraction of sp³-hybridized carbons (Fsp3) is 0.250. The van der Waals surface area contributed by atoms with Crippen LogP contribution >= 0.6 is 0 Å². The topological polar surface area (TPSA) is 18.5 Å². The largest absolute Gasteiger partial charge is 0.573 e. The summed E-state index contributed by atoms with van der Waals surface area (Å²) in [6.07, 6.45) is -4.66. The monoisotopic (exact) mass is 191 g/mol. The Bertz CT molecular complexity index is 266. The molecule has 0 unspecified atom stereocenters. The second kappa shape index (κ2) is 3.55. The molecule has 1 rings (SSSR count). The molecule has 0 saturated heterocycles. The molecule has 0 amide bonds. The van der Waals surface area contributed by atoms with Gasteiger partial charge in [0, 0.05) is 6.07 Å². The first kappa shape index (κ1) is 9.70. The second-order valence-corrected chi connectivity index (χ2v) is 2.14. The minimum absolute atomic E-state index is 0.312. The smallest absolute Gasteiger partial charge is 0.496 e. The van der Waals surface area contributed by atoms with Gasteiger partial charge in [-0.05, 0) is 18.2 Å². The van der Waals surface area contributed by atoms with Crippen LogP contribution < -0.4 is 9.47 Å². The van der Waals surface area contributed by atoms with Crippen LogP contribution in [-0.2, 0) is 0 Å². The molecule has 0 fully saturated rings. The van der Waals surface area contributed by atoms with Gasteiger partial charge in [-0.25, -0.2) is 0 Å². The van der Waals surface area contributed by atoms with E-state index in [9.17, 15) is 13.2 Å². The van der Waals surface area contributed by atoms with Gasteiger partial charge in [0.15, 0.2) is 0 Å². The van der Waals surface area contributed by atoms with E-state index in [2.05, 4.69) is 10.8 Å². The molecule has 0 atom stereocenters. The minimum Gasteiger partial charge on any atom is -0.496 e. The van der Waals surface area contributed by atoms with Gasteiger partial charge >= 0.3 is 6.36 Å². The van der Waals surface area contributed by atoms with Crippen LogP contribution in [0.15, 0.2) is 18.2 Å². The lowest BCUT2D eigenvalue weighted by molar-refractivity contribution is -0.274. The predicted octanol–water partition coefficient (Wildman–Crippen LogP) is 2.39. The van der Waals surface area contributed by atoms with Crippen LogP contribution in [0.3, 0.4) is 0 Å². The number of halogens is 3. The van der Waals surface area contributed by atoms with E-state index < -0.39 is 6.36 Å². The highest BCUT2D eigenvalue weighted by atomic mass is 19.4. The number of alkyl halides is 3. The van der Waals surface area contributed by atoms with E-state index in [1.165, 1.54) is 13.2 Å². The van der Waals surface area contributed by atoms with Crippen LogP contribution in [0, 0.1) is 6.07 Å². The molecule has 0 N–H and O–H groups in total. The summed E-state index contributed by atoms with van der Waals surface area (Å²) in [5, 5.41) is 0. The molecule has 13 heavy (non-hydrogen) atoms. The highest BCUT2D eigenvalue weighted by Crippen LogP contribution is 2.23. The molecule has 2 nitrogen and oxygen atoms in total. The van der Waals surface area contributed by atoms with Crippen LogP contribution in [0.1, 0.15) is 0 Å². The van der Waals surface area contributed by atoms with E-state index in [1.54, 1.807) is 0 Å². The van der Waals surface area contributed by atoms with Crippen molar-refractivity contribution in [3.63, 3.8) is 0 Å². The van der Waals surface area contributed by atoms with Crippen molar-refractivity contribution in [2.24, 2.45) is 0 Å². The van der Waals surface area contributed by atoms with Gasteiger partial charge in [0.25, 0.3) is 0 Å². The highest BCUT2D eigenvalue weighted by molar-refractivity contribution is 5.29. The fourth-order valence-corrected chi connectivity index (χ4v) is 0.720. The molecule has 1 aromatic carbocycles. The van der Waals surface area contributed by atoms with Gasteiger partial charge in [-0.15, -0.1) is 13.2 Å². The van der Waals surface area contributed by atoms with Crippen LogP contribution in [0.25, 0.3) is 0 Å². The van der Waals surface area contributed by atoms with Gasteiger partial charge in [0.2, 0.25) is 0 Å². The van der Waals surface area contributed by atoms with Crippen molar-refractivity contribution in [3.05, 3.63) is 24.3 Å². The molecular formula is C8H6F3O2. The summed E-state index contributed by atoms with van der Waals surface area (Å²) in [6.45, 7) is 0. The van der Waals surface area contributed by atoms with Gasteiger partial charge in [0.1, 0.15) is 11.5 Å². The summed E-state index contributed by atoms with van der Waals surface area (Å²) in [5.41, 5.74) is 0. The maximum absolute atomic E-state index is 11.7. The summed E-state index contributed by atoms with van der Waals surface area (Å²) in [6, 6.07) is 6.01. The number of rotatable bonds is 2. The van der Waals surface area contributed by atoms with E-state index in [0.717, 1.165) is 12.1 Å². The van der Waals surface area contributed by atoms with Crippen LogP contribution in [0.5, 0.6) is 11.5 Å². The van der Waals surface area contributed by atoms with Crippen LogP contribution in [0.4, 0.5) is 13.2 Å². The zero-order valence-electron chi connectivity index (χ0n) is 6.68. The minimum atomic E-state index is -4.66. The molecule has 0 spiro atoms. The van der Waals surface area contributed by atoms with Crippen molar-refractivity contribution >= 4 is 0 Å². The third-order valence-corrected chi connectivity index (χ3v) is 1.21. The lowest BCUT2D eigenvalue weighted by Crippen LogP contribution is -2.16. The van der Waals surface area contributed by atoms with Crippen molar-refractivity contribution in [1.82, 2.24) is 0 Å². The van der Waals surface area contributed by atoms with E-state index in [4.69, 9.17) is 4.74 Å². The third kappa shape index (κ3) is 3.23. The zero-order chi connectivity index (χ0) is 9.90. The first-order valence-corrected chi connectivity index (χ1v) is 3.33. The lowest BCUT2D eigenvalue weighted by Gasteiger charge is -2.08. The molecule has 0 aliphatic heterocycles. The van der Waals surface area contributed by atoms with Crippen molar-refractivity contribution in [2.75, 3.05) is 7.11 Å². The van der Waals surface area contributed by atoms with E-state index in [0.29, 0.717) is 5.75 Å². The van der Waals surface area contributed by atoms with E-state index >= 15 is 0 Å². The van der Waals surface area contributed by atoms with Crippen molar-refractivity contribution in [3.8, 4) is 11.5 Å². The molecule has 0 aliphatic carbocycles. The summed E-state index contributed by atoms with van der Waals surface area (Å²) >= 11 is 0. The number of benzene rings is 1. The van der Waals surface area contributed by atoms with Crippen LogP contribution in [0.2, 0.25) is 0 Å². The van der Waals surface area contributed by atoms with Crippen molar-refractivity contribution in [2.45, 2.75) is 6.36 Å². The summed E-state index contributed by atoms with van der Waals surface area (Å²) in [5.74, 6) is 0.0443. The predicted molar refractivity (Wildman–Crippen MR) is 38.5 cm³/mol. The molecule has 71 valence electrons. The zero-order valence-corrected chi connectivity index (χ0v) is 6.68. The summed E-state index contributed by atoms with van der Waals surface area (Å²) < 4.78 is 43.3. The molecule has 1 aromatic rings. The molecule has 0 aliphatic rings. The maximum Gasteiger partial charge on any atom is 0.573 e. The van der Waals surface area contributed by atoms with Gasteiger partial charge in [-0.3, -0.25) is 0 Å². The SMILES string of the molecule is COc1[c]cc(OC(F)(F)F)cc1. The van der Waals surface area contributed by atoms with Crippen molar-refractivity contribution < 1.29 is 22.6 Å². The first-order chi connectivity index (χ1) is 6.01. The number of hydrogen-bond donors (Lipinski definition) is 0. The van der Waals surface area contributed by atoms with Crippen LogP contribution in [-0.4, -0.2) is 13.5 Å². The Morgan fingerprint density at radius 3 is 2.38 bits per heavy atom. The molecule has 0 heterocycles. The maximum atomic E-state index is 11.7. The van der Waals surface area contributed by atoms with E-state index in [-0.39, 0.29) is 5.75 Å². The average molecular weight is 191 g/mol.